The minimum atomic E-state index is -0.319. The van der Waals surface area contributed by atoms with Gasteiger partial charge in [-0.2, -0.15) is 0 Å². The third-order valence-electron chi connectivity index (χ3n) is 3.04. The van der Waals surface area contributed by atoms with E-state index in [2.05, 4.69) is 35.0 Å². The second-order valence-corrected chi connectivity index (χ2v) is 5.09. The van der Waals surface area contributed by atoms with E-state index in [1.807, 2.05) is 12.1 Å². The second kappa shape index (κ2) is 5.63. The molecule has 0 bridgehead atoms. The van der Waals surface area contributed by atoms with Crippen LogP contribution in [0.25, 0.3) is 0 Å². The highest BCUT2D eigenvalue weighted by molar-refractivity contribution is 9.10. The molecule has 0 amide bonds. The van der Waals surface area contributed by atoms with Gasteiger partial charge in [0.25, 0.3) is 0 Å². The van der Waals surface area contributed by atoms with Gasteiger partial charge in [-0.1, -0.05) is 47.1 Å². The maximum Gasteiger partial charge on any atom is 0.123 e. The Hall–Kier alpha value is -1.19. The van der Waals surface area contributed by atoms with Gasteiger partial charge in [-0.15, -0.1) is 0 Å². The number of rotatable bonds is 3. The molecular weight excluding hydrogens is 293 g/mol. The van der Waals surface area contributed by atoms with E-state index in [1.165, 1.54) is 17.7 Å². The maximum atomic E-state index is 13.3. The molecule has 18 heavy (non-hydrogen) atoms. The number of benzene rings is 2. The van der Waals surface area contributed by atoms with Crippen molar-refractivity contribution in [2.24, 2.45) is 5.73 Å². The molecule has 2 aromatic carbocycles. The van der Waals surface area contributed by atoms with Crippen LogP contribution >= 0.6 is 15.9 Å². The van der Waals surface area contributed by atoms with E-state index in [0.717, 1.165) is 22.0 Å². The molecule has 1 nitrogen and oxygen atoms in total. The van der Waals surface area contributed by atoms with Gasteiger partial charge in [-0.25, -0.2) is 4.39 Å². The second-order valence-electron chi connectivity index (χ2n) is 4.24. The van der Waals surface area contributed by atoms with Crippen LogP contribution in [0.1, 0.15) is 29.7 Å². The number of aryl methyl sites for hydroxylation is 1. The molecule has 2 rings (SSSR count). The molecule has 1 unspecified atom stereocenters. The largest absolute Gasteiger partial charge is 0.320 e. The summed E-state index contributed by atoms with van der Waals surface area (Å²) in [7, 11) is 0. The minimum Gasteiger partial charge on any atom is -0.320 e. The quantitative estimate of drug-likeness (QED) is 0.903. The molecule has 0 fully saturated rings. The molecule has 2 N–H and O–H groups in total. The summed E-state index contributed by atoms with van der Waals surface area (Å²) in [6.45, 7) is 2.11. The summed E-state index contributed by atoms with van der Waals surface area (Å²) in [5, 5.41) is 0. The molecule has 1 atom stereocenters. The number of hydrogen-bond acceptors (Lipinski definition) is 1. The fourth-order valence-electron chi connectivity index (χ4n) is 1.89. The Kier molecular flexibility index (Phi) is 4.15. The topological polar surface area (TPSA) is 26.0 Å². The number of halogens is 2. The molecule has 0 saturated heterocycles. The fourth-order valence-corrected chi connectivity index (χ4v) is 2.39. The molecule has 2 aromatic rings. The van der Waals surface area contributed by atoms with E-state index in [9.17, 15) is 4.39 Å². The number of hydrogen-bond donors (Lipinski definition) is 1. The molecule has 0 aromatic heterocycles. The first-order chi connectivity index (χ1) is 8.61. The third-order valence-corrected chi connectivity index (χ3v) is 3.76. The molecule has 3 heteroatoms. The van der Waals surface area contributed by atoms with E-state index in [4.69, 9.17) is 5.73 Å². The molecule has 94 valence electrons. The molecule has 0 aliphatic rings. The van der Waals surface area contributed by atoms with E-state index in [0.29, 0.717) is 0 Å². The van der Waals surface area contributed by atoms with Crippen molar-refractivity contribution in [3.05, 3.63) is 69.4 Å². The van der Waals surface area contributed by atoms with Gasteiger partial charge in [0.15, 0.2) is 0 Å². The van der Waals surface area contributed by atoms with E-state index in [-0.39, 0.29) is 11.9 Å². The van der Waals surface area contributed by atoms with Gasteiger partial charge in [-0.3, -0.25) is 0 Å². The number of nitrogens with two attached hydrogens (primary N) is 1. The van der Waals surface area contributed by atoms with Crippen molar-refractivity contribution in [1.29, 1.82) is 0 Å². The lowest BCUT2D eigenvalue weighted by molar-refractivity contribution is 0.623. The van der Waals surface area contributed by atoms with Crippen molar-refractivity contribution in [2.45, 2.75) is 19.4 Å². The van der Waals surface area contributed by atoms with Crippen molar-refractivity contribution in [3.8, 4) is 0 Å². The van der Waals surface area contributed by atoms with Crippen LogP contribution in [0.2, 0.25) is 0 Å². The summed E-state index contributed by atoms with van der Waals surface area (Å²) < 4.78 is 14.1. The van der Waals surface area contributed by atoms with Gasteiger partial charge < -0.3 is 5.73 Å². The van der Waals surface area contributed by atoms with Crippen LogP contribution in [0.3, 0.4) is 0 Å². The highest BCUT2D eigenvalue weighted by atomic mass is 79.9. The van der Waals surface area contributed by atoms with Crippen LogP contribution < -0.4 is 5.73 Å². The van der Waals surface area contributed by atoms with Gasteiger partial charge in [0.1, 0.15) is 5.82 Å². The molecule has 0 heterocycles. The summed E-state index contributed by atoms with van der Waals surface area (Å²) in [5.74, 6) is -0.270. The van der Waals surface area contributed by atoms with E-state index >= 15 is 0 Å². The van der Waals surface area contributed by atoms with E-state index < -0.39 is 0 Å². The van der Waals surface area contributed by atoms with Crippen LogP contribution in [0, 0.1) is 5.82 Å². The van der Waals surface area contributed by atoms with Crippen molar-refractivity contribution in [1.82, 2.24) is 0 Å². The summed E-state index contributed by atoms with van der Waals surface area (Å²) in [4.78, 5) is 0. The highest BCUT2D eigenvalue weighted by Crippen LogP contribution is 2.27. The highest BCUT2D eigenvalue weighted by Gasteiger charge is 2.13. The van der Waals surface area contributed by atoms with E-state index in [1.54, 1.807) is 6.07 Å². The zero-order valence-corrected chi connectivity index (χ0v) is 11.7. The Morgan fingerprint density at radius 3 is 2.44 bits per heavy atom. The van der Waals surface area contributed by atoms with Crippen molar-refractivity contribution >= 4 is 15.9 Å². The Bertz CT molecular complexity index is 537. The van der Waals surface area contributed by atoms with Gasteiger partial charge in [0.05, 0.1) is 6.04 Å². The molecule has 0 radical (unpaired) electrons. The first kappa shape index (κ1) is 13.2. The minimum absolute atomic E-state index is 0.270. The van der Waals surface area contributed by atoms with Gasteiger partial charge in [0, 0.05) is 4.47 Å². The fraction of sp³-hybridized carbons (Fsp3) is 0.200. The maximum absolute atomic E-state index is 13.3. The predicted octanol–water partition coefficient (Wildman–Crippen LogP) is 4.20. The summed E-state index contributed by atoms with van der Waals surface area (Å²) in [6.07, 6.45) is 0.999. The molecule has 0 saturated carbocycles. The van der Waals surface area contributed by atoms with Crippen molar-refractivity contribution in [2.75, 3.05) is 0 Å². The first-order valence-electron chi connectivity index (χ1n) is 5.91. The lowest BCUT2D eigenvalue weighted by atomic mass is 9.98. The zero-order valence-electron chi connectivity index (χ0n) is 10.2. The SMILES string of the molecule is CCc1ccc(C(N)c2cc(F)ccc2Br)cc1. The molecular formula is C15H15BrFN. The molecule has 0 aliphatic heterocycles. The standard InChI is InChI=1S/C15H15BrFN/c1-2-10-3-5-11(6-4-10)15(18)13-9-12(17)7-8-14(13)16/h3-9,15H,2,18H2,1H3. The van der Waals surface area contributed by atoms with Gasteiger partial charge in [-0.05, 0) is 41.3 Å². The average molecular weight is 308 g/mol. The smallest absolute Gasteiger partial charge is 0.123 e. The first-order valence-corrected chi connectivity index (χ1v) is 6.70. The van der Waals surface area contributed by atoms with Crippen LogP contribution in [-0.2, 0) is 6.42 Å². The Morgan fingerprint density at radius 2 is 1.83 bits per heavy atom. The van der Waals surface area contributed by atoms with Crippen LogP contribution in [-0.4, -0.2) is 0 Å². The summed E-state index contributed by atoms with van der Waals surface area (Å²) >= 11 is 3.41. The Labute approximate surface area is 115 Å². The Balaban J connectivity index is 2.34. The normalized spacial score (nSPS) is 12.4. The zero-order chi connectivity index (χ0) is 13.1. The predicted molar refractivity (Wildman–Crippen MR) is 76.0 cm³/mol. The third kappa shape index (κ3) is 2.79. The lowest BCUT2D eigenvalue weighted by Crippen LogP contribution is -2.12. The Morgan fingerprint density at radius 1 is 1.17 bits per heavy atom. The average Bonchev–Trinajstić information content (AvgIpc) is 2.41. The summed E-state index contributed by atoms with van der Waals surface area (Å²) in [6, 6.07) is 12.4. The van der Waals surface area contributed by atoms with Crippen LogP contribution in [0.4, 0.5) is 4.39 Å². The van der Waals surface area contributed by atoms with Crippen LogP contribution in [0.15, 0.2) is 46.9 Å². The van der Waals surface area contributed by atoms with Crippen molar-refractivity contribution < 1.29 is 4.39 Å². The van der Waals surface area contributed by atoms with Crippen molar-refractivity contribution in [3.63, 3.8) is 0 Å². The summed E-state index contributed by atoms with van der Waals surface area (Å²) in [5.41, 5.74) is 9.20. The van der Waals surface area contributed by atoms with Crippen LogP contribution in [0.5, 0.6) is 0 Å². The monoisotopic (exact) mass is 307 g/mol. The van der Waals surface area contributed by atoms with Gasteiger partial charge in [0.2, 0.25) is 0 Å². The lowest BCUT2D eigenvalue weighted by Gasteiger charge is -2.15. The molecule has 0 spiro atoms. The molecule has 0 aliphatic carbocycles. The van der Waals surface area contributed by atoms with Gasteiger partial charge >= 0.3 is 0 Å².